The number of hydrazone groups is 1. The molecule has 0 fully saturated rings. The molecule has 0 aromatic heterocycles. The molecule has 3 nitrogen and oxygen atoms in total. The Balaban J connectivity index is 1.73. The van der Waals surface area contributed by atoms with Crippen molar-refractivity contribution in [2.24, 2.45) is 5.10 Å². The number of nitrogens with zero attached hydrogens (tertiary/aromatic N) is 1. The molecule has 0 heterocycles. The molecule has 3 aromatic rings. The Hall–Kier alpha value is -2.85. The van der Waals surface area contributed by atoms with Crippen molar-refractivity contribution in [1.82, 2.24) is 0 Å². The fourth-order valence-electron chi connectivity index (χ4n) is 2.20. The lowest BCUT2D eigenvalue weighted by Crippen LogP contribution is -2.00. The Morgan fingerprint density at radius 3 is 2.56 bits per heavy atom. The van der Waals surface area contributed by atoms with Gasteiger partial charge in [0.05, 0.1) is 11.9 Å². The van der Waals surface area contributed by atoms with Crippen LogP contribution in [-0.4, -0.2) is 6.21 Å². The highest BCUT2D eigenvalue weighted by molar-refractivity contribution is 6.31. The molecule has 25 heavy (non-hydrogen) atoms. The van der Waals surface area contributed by atoms with Gasteiger partial charge in [-0.15, -0.1) is 0 Å². The summed E-state index contributed by atoms with van der Waals surface area (Å²) in [6, 6.07) is 21.2. The fraction of sp³-hybridized carbons (Fsp3) is 0.0500. The maximum absolute atomic E-state index is 13.6. The van der Waals surface area contributed by atoms with E-state index in [-0.39, 0.29) is 12.4 Å². The van der Waals surface area contributed by atoms with Gasteiger partial charge in [0.25, 0.3) is 0 Å². The van der Waals surface area contributed by atoms with Gasteiger partial charge in [-0.1, -0.05) is 48.0 Å². The lowest BCUT2D eigenvalue weighted by atomic mass is 10.2. The molecule has 126 valence electrons. The van der Waals surface area contributed by atoms with Gasteiger partial charge in [-0.05, 0) is 30.3 Å². The molecule has 0 saturated heterocycles. The van der Waals surface area contributed by atoms with E-state index in [1.165, 1.54) is 12.1 Å². The third-order valence-corrected chi connectivity index (χ3v) is 3.86. The molecule has 3 aromatic carbocycles. The van der Waals surface area contributed by atoms with Crippen molar-refractivity contribution in [3.8, 4) is 5.75 Å². The summed E-state index contributed by atoms with van der Waals surface area (Å²) in [6.45, 7) is 0.246. The molecule has 0 unspecified atom stereocenters. The number of para-hydroxylation sites is 1. The van der Waals surface area contributed by atoms with Crippen LogP contribution in [0, 0.1) is 5.82 Å². The van der Waals surface area contributed by atoms with Crippen molar-refractivity contribution in [3.05, 3.63) is 94.8 Å². The number of nitrogens with one attached hydrogen (secondary N) is 1. The van der Waals surface area contributed by atoms with E-state index < -0.39 is 0 Å². The number of rotatable bonds is 6. The van der Waals surface area contributed by atoms with Crippen LogP contribution >= 0.6 is 11.6 Å². The lowest BCUT2D eigenvalue weighted by molar-refractivity contribution is 0.304. The SMILES string of the molecule is Fc1ccc(C=NNc2ccccc2)c(OCc2ccccc2Cl)c1. The van der Waals surface area contributed by atoms with E-state index in [0.29, 0.717) is 16.3 Å². The average molecular weight is 355 g/mol. The minimum absolute atomic E-state index is 0.246. The van der Waals surface area contributed by atoms with Gasteiger partial charge < -0.3 is 4.74 Å². The number of hydrogen-bond acceptors (Lipinski definition) is 3. The van der Waals surface area contributed by atoms with Gasteiger partial charge in [-0.25, -0.2) is 4.39 Å². The number of ether oxygens (including phenoxy) is 1. The Labute approximate surface area is 150 Å². The Bertz CT molecular complexity index is 869. The van der Waals surface area contributed by atoms with Gasteiger partial charge in [0.15, 0.2) is 0 Å². The Morgan fingerprint density at radius 1 is 1.00 bits per heavy atom. The van der Waals surface area contributed by atoms with Gasteiger partial charge in [-0.3, -0.25) is 5.43 Å². The second kappa shape index (κ2) is 8.31. The second-order valence-corrected chi connectivity index (χ2v) is 5.71. The van der Waals surface area contributed by atoms with Crippen molar-refractivity contribution < 1.29 is 9.13 Å². The van der Waals surface area contributed by atoms with Gasteiger partial charge in [0.1, 0.15) is 18.2 Å². The van der Waals surface area contributed by atoms with E-state index in [1.54, 1.807) is 18.3 Å². The first-order chi connectivity index (χ1) is 12.2. The maximum Gasteiger partial charge on any atom is 0.131 e. The first kappa shape index (κ1) is 17.0. The molecule has 0 aliphatic carbocycles. The van der Waals surface area contributed by atoms with Crippen LogP contribution in [0.25, 0.3) is 0 Å². The normalized spacial score (nSPS) is 10.8. The van der Waals surface area contributed by atoms with Crippen molar-refractivity contribution >= 4 is 23.5 Å². The topological polar surface area (TPSA) is 33.6 Å². The molecule has 0 bridgehead atoms. The van der Waals surface area contributed by atoms with E-state index in [2.05, 4.69) is 10.5 Å². The van der Waals surface area contributed by atoms with Crippen molar-refractivity contribution in [2.45, 2.75) is 6.61 Å². The van der Waals surface area contributed by atoms with Crippen molar-refractivity contribution in [3.63, 3.8) is 0 Å². The fourth-order valence-corrected chi connectivity index (χ4v) is 2.39. The summed E-state index contributed by atoms with van der Waals surface area (Å²) in [4.78, 5) is 0. The summed E-state index contributed by atoms with van der Waals surface area (Å²) in [6.07, 6.45) is 1.59. The number of benzene rings is 3. The predicted octanol–water partition coefficient (Wildman–Crippen LogP) is 5.50. The van der Waals surface area contributed by atoms with Crippen LogP contribution in [0.5, 0.6) is 5.75 Å². The third kappa shape index (κ3) is 4.81. The molecule has 0 aliphatic heterocycles. The highest BCUT2D eigenvalue weighted by Crippen LogP contribution is 2.22. The van der Waals surface area contributed by atoms with E-state index in [0.717, 1.165) is 11.3 Å². The molecular weight excluding hydrogens is 339 g/mol. The molecule has 0 radical (unpaired) electrons. The quantitative estimate of drug-likeness (QED) is 0.468. The zero-order valence-electron chi connectivity index (χ0n) is 13.3. The average Bonchev–Trinajstić information content (AvgIpc) is 2.63. The van der Waals surface area contributed by atoms with Crippen LogP contribution < -0.4 is 10.2 Å². The molecule has 5 heteroatoms. The summed E-state index contributed by atoms with van der Waals surface area (Å²) in [5.41, 5.74) is 5.27. The van der Waals surface area contributed by atoms with Crippen LogP contribution in [0.15, 0.2) is 77.9 Å². The number of halogens is 2. The molecule has 1 N–H and O–H groups in total. The first-order valence-electron chi connectivity index (χ1n) is 7.72. The molecule has 3 rings (SSSR count). The van der Waals surface area contributed by atoms with E-state index in [4.69, 9.17) is 16.3 Å². The molecule has 0 aliphatic rings. The number of anilines is 1. The highest BCUT2D eigenvalue weighted by atomic mass is 35.5. The zero-order chi connectivity index (χ0) is 17.5. The van der Waals surface area contributed by atoms with Crippen LogP contribution in [0.4, 0.5) is 10.1 Å². The lowest BCUT2D eigenvalue weighted by Gasteiger charge is -2.10. The van der Waals surface area contributed by atoms with Crippen LogP contribution in [-0.2, 0) is 6.61 Å². The van der Waals surface area contributed by atoms with Crippen LogP contribution in [0.1, 0.15) is 11.1 Å². The minimum Gasteiger partial charge on any atom is -0.488 e. The molecular formula is C20H16ClFN2O. The molecule has 0 saturated carbocycles. The monoisotopic (exact) mass is 354 g/mol. The predicted molar refractivity (Wildman–Crippen MR) is 99.8 cm³/mol. The van der Waals surface area contributed by atoms with Crippen molar-refractivity contribution in [1.29, 1.82) is 0 Å². The number of hydrogen-bond donors (Lipinski definition) is 1. The van der Waals surface area contributed by atoms with Crippen LogP contribution in [0.3, 0.4) is 0 Å². The summed E-state index contributed by atoms with van der Waals surface area (Å²) >= 11 is 6.12. The van der Waals surface area contributed by atoms with E-state index in [1.807, 2.05) is 48.5 Å². The summed E-state index contributed by atoms with van der Waals surface area (Å²) in [5.74, 6) is 0.0286. The highest BCUT2D eigenvalue weighted by Gasteiger charge is 2.06. The third-order valence-electron chi connectivity index (χ3n) is 3.49. The van der Waals surface area contributed by atoms with Gasteiger partial charge in [0, 0.05) is 22.2 Å². The summed E-state index contributed by atoms with van der Waals surface area (Å²) in [5, 5.41) is 4.78. The molecule has 0 amide bonds. The molecule has 0 spiro atoms. The van der Waals surface area contributed by atoms with Gasteiger partial charge in [0.2, 0.25) is 0 Å². The van der Waals surface area contributed by atoms with E-state index in [9.17, 15) is 4.39 Å². The smallest absolute Gasteiger partial charge is 0.131 e. The largest absolute Gasteiger partial charge is 0.488 e. The molecule has 0 atom stereocenters. The van der Waals surface area contributed by atoms with Gasteiger partial charge >= 0.3 is 0 Å². The first-order valence-corrected chi connectivity index (χ1v) is 8.10. The summed E-state index contributed by atoms with van der Waals surface area (Å²) in [7, 11) is 0. The second-order valence-electron chi connectivity index (χ2n) is 5.30. The standard InChI is InChI=1S/C20H16ClFN2O/c21-19-9-5-4-6-16(19)14-25-20-12-17(22)11-10-15(20)13-23-24-18-7-2-1-3-8-18/h1-13,24H,14H2. The minimum atomic E-state index is -0.373. The zero-order valence-corrected chi connectivity index (χ0v) is 14.1. The van der Waals surface area contributed by atoms with Gasteiger partial charge in [-0.2, -0.15) is 5.10 Å². The van der Waals surface area contributed by atoms with Crippen molar-refractivity contribution in [2.75, 3.05) is 5.43 Å². The summed E-state index contributed by atoms with van der Waals surface area (Å²) < 4.78 is 19.3. The Morgan fingerprint density at radius 2 is 1.76 bits per heavy atom. The van der Waals surface area contributed by atoms with E-state index >= 15 is 0 Å². The maximum atomic E-state index is 13.6. The Kier molecular flexibility index (Phi) is 5.65. The van der Waals surface area contributed by atoms with Crippen LogP contribution in [0.2, 0.25) is 5.02 Å².